The van der Waals surface area contributed by atoms with Crippen LogP contribution in [0.4, 0.5) is 5.69 Å². The van der Waals surface area contributed by atoms with Gasteiger partial charge in [-0.25, -0.2) is 0 Å². The number of hydrogen-bond acceptors (Lipinski definition) is 5. The van der Waals surface area contributed by atoms with Crippen LogP contribution in [0.15, 0.2) is 36.4 Å². The van der Waals surface area contributed by atoms with Gasteiger partial charge in [-0.2, -0.15) is 0 Å². The lowest BCUT2D eigenvalue weighted by atomic mass is 10.2. The molecule has 1 rings (SSSR count). The Morgan fingerprint density at radius 2 is 1.45 bits per heavy atom. The van der Waals surface area contributed by atoms with Crippen LogP contribution in [0.1, 0.15) is 38.2 Å². The van der Waals surface area contributed by atoms with Crippen LogP contribution in [-0.2, 0) is 20.8 Å². The van der Waals surface area contributed by atoms with Crippen molar-refractivity contribution in [2.24, 2.45) is 0 Å². The van der Waals surface area contributed by atoms with E-state index in [1.54, 1.807) is 6.92 Å². The maximum absolute atomic E-state index is 11.3. The van der Waals surface area contributed by atoms with Gasteiger partial charge in [-0.1, -0.05) is 18.7 Å². The van der Waals surface area contributed by atoms with Gasteiger partial charge in [-0.3, -0.25) is 4.79 Å². The molecule has 0 saturated carbocycles. The van der Waals surface area contributed by atoms with Gasteiger partial charge >= 0.3 is 0 Å². The van der Waals surface area contributed by atoms with Crippen molar-refractivity contribution in [1.82, 2.24) is 10.6 Å². The number of nitrogens with one attached hydrogen (secondary N) is 2. The molecule has 0 atom stereocenters. The second-order valence-corrected chi connectivity index (χ2v) is 8.64. The molecule has 1 aromatic rings. The van der Waals surface area contributed by atoms with Crippen molar-refractivity contribution in [3.05, 3.63) is 42.0 Å². The Bertz CT molecular complexity index is 638. The van der Waals surface area contributed by atoms with Gasteiger partial charge in [0.1, 0.15) is 0 Å². The molecule has 0 fully saturated rings. The van der Waals surface area contributed by atoms with Crippen LogP contribution in [0, 0.1) is 0 Å². The van der Waals surface area contributed by atoms with Crippen molar-refractivity contribution in [1.29, 1.82) is 0 Å². The molecule has 0 radical (unpaired) electrons. The second kappa shape index (κ2) is 20.1. The summed E-state index contributed by atoms with van der Waals surface area (Å²) in [5.74, 6) is 1.09. The molecule has 0 heterocycles. The van der Waals surface area contributed by atoms with E-state index in [1.165, 1.54) is 5.56 Å². The lowest BCUT2D eigenvalue weighted by Gasteiger charge is -2.23. The SMILES string of the molecule is C=C(C)C(=O)NCCCOCCCCOCCCNCc1ccc(N(CCCl)CCCl)cc1. The zero-order valence-electron chi connectivity index (χ0n) is 20.1. The molecule has 1 amide bonds. The molecule has 0 aliphatic rings. The highest BCUT2D eigenvalue weighted by molar-refractivity contribution is 6.18. The van der Waals surface area contributed by atoms with Crippen LogP contribution in [0.3, 0.4) is 0 Å². The minimum atomic E-state index is -0.0928. The monoisotopic (exact) mass is 501 g/mol. The Morgan fingerprint density at radius 1 is 0.909 bits per heavy atom. The average Bonchev–Trinajstić information content (AvgIpc) is 2.81. The number of carbonyl (C=O) groups excluding carboxylic acids is 1. The van der Waals surface area contributed by atoms with E-state index in [1.807, 2.05) is 0 Å². The second-order valence-electron chi connectivity index (χ2n) is 7.88. The van der Waals surface area contributed by atoms with Gasteiger partial charge in [0.2, 0.25) is 5.91 Å². The molecule has 0 aliphatic heterocycles. The summed E-state index contributed by atoms with van der Waals surface area (Å²) >= 11 is 11.8. The van der Waals surface area contributed by atoms with Crippen LogP contribution < -0.4 is 15.5 Å². The van der Waals surface area contributed by atoms with Gasteiger partial charge in [-0.05, 0) is 56.8 Å². The maximum atomic E-state index is 11.3. The summed E-state index contributed by atoms with van der Waals surface area (Å²) in [6.45, 7) is 12.2. The highest BCUT2D eigenvalue weighted by Crippen LogP contribution is 2.15. The highest BCUT2D eigenvalue weighted by atomic mass is 35.5. The first-order chi connectivity index (χ1) is 16.1. The lowest BCUT2D eigenvalue weighted by Crippen LogP contribution is -2.27. The van der Waals surface area contributed by atoms with Crippen LogP contribution in [0.25, 0.3) is 0 Å². The summed E-state index contributed by atoms with van der Waals surface area (Å²) in [6, 6.07) is 8.55. The third kappa shape index (κ3) is 15.3. The summed E-state index contributed by atoms with van der Waals surface area (Å²) in [5.41, 5.74) is 2.95. The highest BCUT2D eigenvalue weighted by Gasteiger charge is 2.05. The molecule has 1 aromatic carbocycles. The summed E-state index contributed by atoms with van der Waals surface area (Å²) < 4.78 is 11.3. The first-order valence-electron chi connectivity index (χ1n) is 11.8. The first-order valence-corrected chi connectivity index (χ1v) is 12.9. The average molecular weight is 503 g/mol. The van der Waals surface area contributed by atoms with Crippen LogP contribution in [0.5, 0.6) is 0 Å². The van der Waals surface area contributed by atoms with Crippen LogP contribution >= 0.6 is 23.2 Å². The molecule has 2 N–H and O–H groups in total. The molecular formula is C25H41Cl2N3O3. The van der Waals surface area contributed by atoms with E-state index < -0.39 is 0 Å². The molecule has 6 nitrogen and oxygen atoms in total. The number of alkyl halides is 2. The number of benzene rings is 1. The Labute approximate surface area is 210 Å². The van der Waals surface area contributed by atoms with Crippen molar-refractivity contribution in [2.75, 3.05) is 69.3 Å². The third-order valence-corrected chi connectivity index (χ3v) is 5.29. The predicted octanol–water partition coefficient (Wildman–Crippen LogP) is 4.35. The molecule has 0 saturated heterocycles. The first kappa shape index (κ1) is 29.7. The van der Waals surface area contributed by atoms with Gasteiger partial charge in [0.15, 0.2) is 0 Å². The quantitative estimate of drug-likeness (QED) is 0.149. The van der Waals surface area contributed by atoms with Gasteiger partial charge in [-0.15, -0.1) is 23.2 Å². The number of unbranched alkanes of at least 4 members (excludes halogenated alkanes) is 1. The van der Waals surface area contributed by atoms with Crippen molar-refractivity contribution in [3.63, 3.8) is 0 Å². The number of nitrogens with zero attached hydrogens (tertiary/aromatic N) is 1. The summed E-state index contributed by atoms with van der Waals surface area (Å²) in [6.07, 6.45) is 3.78. The Balaban J connectivity index is 1.93. The fraction of sp³-hybridized carbons (Fsp3) is 0.640. The maximum Gasteiger partial charge on any atom is 0.246 e. The fourth-order valence-corrected chi connectivity index (χ4v) is 3.48. The Hall–Kier alpha value is -1.31. The van der Waals surface area contributed by atoms with Gasteiger partial charge in [0.05, 0.1) is 0 Å². The number of hydrogen-bond donors (Lipinski definition) is 2. The van der Waals surface area contributed by atoms with E-state index in [0.29, 0.717) is 30.5 Å². The largest absolute Gasteiger partial charge is 0.381 e. The molecule has 188 valence electrons. The van der Waals surface area contributed by atoms with Gasteiger partial charge in [0.25, 0.3) is 0 Å². The smallest absolute Gasteiger partial charge is 0.246 e. The van der Waals surface area contributed by atoms with E-state index in [2.05, 4.69) is 46.4 Å². The molecule has 0 aromatic heterocycles. The number of anilines is 1. The Kier molecular flexibility index (Phi) is 18.1. The lowest BCUT2D eigenvalue weighted by molar-refractivity contribution is -0.117. The van der Waals surface area contributed by atoms with E-state index >= 15 is 0 Å². The molecular weight excluding hydrogens is 461 g/mol. The van der Waals surface area contributed by atoms with Crippen molar-refractivity contribution in [2.45, 2.75) is 39.2 Å². The molecule has 33 heavy (non-hydrogen) atoms. The molecule has 0 aliphatic carbocycles. The molecule has 0 unspecified atom stereocenters. The van der Waals surface area contributed by atoms with Crippen molar-refractivity contribution < 1.29 is 14.3 Å². The standard InChI is InChI=1S/C25H41Cl2N3O3/c1-22(2)25(31)29-14-6-20-33-18-4-3-17-32-19-5-13-28-21-23-7-9-24(10-8-23)30(15-11-26)16-12-27/h7-10,28H,1,3-6,11-21H2,2H3,(H,29,31). The zero-order chi connectivity index (χ0) is 24.2. The predicted molar refractivity (Wildman–Crippen MR) is 140 cm³/mol. The summed E-state index contributed by atoms with van der Waals surface area (Å²) in [5, 5.41) is 6.25. The number of ether oxygens (including phenoxy) is 2. The van der Waals surface area contributed by atoms with Crippen molar-refractivity contribution >= 4 is 34.8 Å². The van der Waals surface area contributed by atoms with Crippen LogP contribution in [0.2, 0.25) is 0 Å². The van der Waals surface area contributed by atoms with E-state index in [-0.39, 0.29) is 5.91 Å². The van der Waals surface area contributed by atoms with Gasteiger partial charge < -0.3 is 25.0 Å². The zero-order valence-corrected chi connectivity index (χ0v) is 21.6. The molecule has 0 spiro atoms. The van der Waals surface area contributed by atoms with E-state index in [0.717, 1.165) is 77.4 Å². The third-order valence-electron chi connectivity index (χ3n) is 4.95. The minimum absolute atomic E-state index is 0.0928. The van der Waals surface area contributed by atoms with E-state index in [9.17, 15) is 4.79 Å². The van der Waals surface area contributed by atoms with Crippen molar-refractivity contribution in [3.8, 4) is 0 Å². The number of carbonyl (C=O) groups is 1. The summed E-state index contributed by atoms with van der Waals surface area (Å²) in [4.78, 5) is 13.5. The van der Waals surface area contributed by atoms with Gasteiger partial charge in [0, 0.05) is 75.6 Å². The number of rotatable bonds is 21. The van der Waals surface area contributed by atoms with E-state index in [4.69, 9.17) is 32.7 Å². The number of amides is 1. The molecule has 0 bridgehead atoms. The normalized spacial score (nSPS) is 10.9. The number of halogens is 2. The topological polar surface area (TPSA) is 62.8 Å². The van der Waals surface area contributed by atoms with Crippen LogP contribution in [-0.4, -0.2) is 70.3 Å². The summed E-state index contributed by atoms with van der Waals surface area (Å²) in [7, 11) is 0. The molecule has 8 heteroatoms. The Morgan fingerprint density at radius 3 is 2.00 bits per heavy atom. The fourth-order valence-electron chi connectivity index (χ4n) is 3.07. The minimum Gasteiger partial charge on any atom is -0.381 e.